The van der Waals surface area contributed by atoms with Crippen LogP contribution in [0, 0.1) is 20.8 Å². The summed E-state index contributed by atoms with van der Waals surface area (Å²) >= 11 is 1.22. The summed E-state index contributed by atoms with van der Waals surface area (Å²) in [5.41, 5.74) is 6.40. The summed E-state index contributed by atoms with van der Waals surface area (Å²) in [6.45, 7) is 8.05. The summed E-state index contributed by atoms with van der Waals surface area (Å²) in [6, 6.07) is 11.3. The predicted molar refractivity (Wildman–Crippen MR) is 115 cm³/mol. The zero-order chi connectivity index (χ0) is 20.0. The molecule has 2 heterocycles. The lowest BCUT2D eigenvalue weighted by Gasteiger charge is -2.12. The molecule has 0 saturated heterocycles. The molecule has 0 spiro atoms. The zero-order valence-electron chi connectivity index (χ0n) is 16.3. The largest absolute Gasteiger partial charge is 0.321 e. The summed E-state index contributed by atoms with van der Waals surface area (Å²) in [5, 5.41) is 2.99. The molecule has 0 aliphatic heterocycles. The molecule has 0 unspecified atom stereocenters. The number of aromatic nitrogens is 2. The quantitative estimate of drug-likeness (QED) is 0.553. The van der Waals surface area contributed by atoms with E-state index in [9.17, 15) is 9.59 Å². The molecule has 0 saturated carbocycles. The van der Waals surface area contributed by atoms with E-state index in [1.165, 1.54) is 17.4 Å². The second-order valence-electron chi connectivity index (χ2n) is 7.02. The van der Waals surface area contributed by atoms with Crippen LogP contribution in [0.1, 0.15) is 38.8 Å². The standard InChI is InChI=1S/C22H21N3O2S/c1-5-15-8-6-7-12(2)20(15)24-21(27)18-11-19(26)25-17-10-14(4)13(3)9-16(17)23-22(25)28-18/h6-11H,5H2,1-4H3,(H,24,27). The van der Waals surface area contributed by atoms with E-state index >= 15 is 0 Å². The molecule has 4 rings (SSSR count). The van der Waals surface area contributed by atoms with Crippen molar-refractivity contribution in [1.29, 1.82) is 0 Å². The van der Waals surface area contributed by atoms with E-state index in [1.54, 1.807) is 4.40 Å². The van der Waals surface area contributed by atoms with Gasteiger partial charge in [-0.15, -0.1) is 0 Å². The highest BCUT2D eigenvalue weighted by atomic mass is 32.1. The first-order valence-corrected chi connectivity index (χ1v) is 10.0. The van der Waals surface area contributed by atoms with Crippen LogP contribution in [0.25, 0.3) is 16.0 Å². The Labute approximate surface area is 166 Å². The summed E-state index contributed by atoms with van der Waals surface area (Å²) in [6.07, 6.45) is 0.816. The minimum atomic E-state index is -0.284. The Morgan fingerprint density at radius 3 is 2.61 bits per heavy atom. The number of para-hydroxylation sites is 1. The molecule has 0 fully saturated rings. The van der Waals surface area contributed by atoms with Gasteiger partial charge in [0.25, 0.3) is 11.5 Å². The highest BCUT2D eigenvalue weighted by Crippen LogP contribution is 2.25. The van der Waals surface area contributed by atoms with Crippen molar-refractivity contribution in [2.75, 3.05) is 5.32 Å². The van der Waals surface area contributed by atoms with Gasteiger partial charge in [-0.2, -0.15) is 0 Å². The van der Waals surface area contributed by atoms with Crippen molar-refractivity contribution in [2.45, 2.75) is 34.1 Å². The number of fused-ring (bicyclic) bond motifs is 3. The highest BCUT2D eigenvalue weighted by Gasteiger charge is 2.16. The molecule has 5 nitrogen and oxygen atoms in total. The van der Waals surface area contributed by atoms with Crippen LogP contribution in [0.3, 0.4) is 0 Å². The molecule has 6 heteroatoms. The maximum absolute atomic E-state index is 12.9. The van der Waals surface area contributed by atoms with E-state index in [0.29, 0.717) is 9.84 Å². The average molecular weight is 391 g/mol. The molecular formula is C22H21N3O2S. The molecule has 2 aromatic carbocycles. The molecule has 28 heavy (non-hydrogen) atoms. The SMILES string of the molecule is CCc1cccc(C)c1NC(=O)c1cc(=O)n2c(nc3cc(C)c(C)cc32)s1. The van der Waals surface area contributed by atoms with Crippen LogP contribution in [0.4, 0.5) is 5.69 Å². The molecule has 2 aromatic heterocycles. The number of imidazole rings is 1. The second-order valence-corrected chi connectivity index (χ2v) is 8.03. The molecule has 142 valence electrons. The third-order valence-electron chi connectivity index (χ3n) is 5.12. The van der Waals surface area contributed by atoms with E-state index < -0.39 is 0 Å². The van der Waals surface area contributed by atoms with E-state index in [-0.39, 0.29) is 11.5 Å². The number of nitrogens with zero attached hydrogens (tertiary/aromatic N) is 2. The van der Waals surface area contributed by atoms with E-state index in [4.69, 9.17) is 0 Å². The molecule has 0 radical (unpaired) electrons. The fourth-order valence-corrected chi connectivity index (χ4v) is 4.31. The number of hydrogen-bond acceptors (Lipinski definition) is 4. The Morgan fingerprint density at radius 1 is 1.11 bits per heavy atom. The maximum Gasteiger partial charge on any atom is 0.266 e. The van der Waals surface area contributed by atoms with Crippen LogP contribution in [0.2, 0.25) is 0 Å². The van der Waals surface area contributed by atoms with Crippen LogP contribution >= 0.6 is 11.3 Å². The number of carbonyl (C=O) groups is 1. The zero-order valence-corrected chi connectivity index (χ0v) is 17.1. The number of amides is 1. The van der Waals surface area contributed by atoms with Gasteiger partial charge in [0.2, 0.25) is 0 Å². The van der Waals surface area contributed by atoms with Crippen molar-refractivity contribution in [3.05, 3.63) is 73.9 Å². The number of rotatable bonds is 3. The predicted octanol–water partition coefficient (Wildman–Crippen LogP) is 4.65. The van der Waals surface area contributed by atoms with Gasteiger partial charge in [-0.1, -0.05) is 36.5 Å². The van der Waals surface area contributed by atoms with Gasteiger partial charge in [0.15, 0.2) is 4.96 Å². The van der Waals surface area contributed by atoms with Crippen LogP contribution in [-0.2, 0) is 6.42 Å². The van der Waals surface area contributed by atoms with Crippen LogP contribution in [0.5, 0.6) is 0 Å². The van der Waals surface area contributed by atoms with Crippen molar-refractivity contribution in [3.8, 4) is 0 Å². The normalized spacial score (nSPS) is 11.3. The fraction of sp³-hybridized carbons (Fsp3) is 0.227. The number of benzene rings is 2. The molecule has 4 aromatic rings. The van der Waals surface area contributed by atoms with Gasteiger partial charge in [0, 0.05) is 11.8 Å². The first-order valence-electron chi connectivity index (χ1n) is 9.22. The molecule has 0 aliphatic carbocycles. The topological polar surface area (TPSA) is 63.5 Å². The maximum atomic E-state index is 12.9. The summed E-state index contributed by atoms with van der Waals surface area (Å²) in [4.78, 5) is 31.1. The lowest BCUT2D eigenvalue weighted by atomic mass is 10.1. The van der Waals surface area contributed by atoms with Crippen molar-refractivity contribution >= 4 is 38.9 Å². The highest BCUT2D eigenvalue weighted by molar-refractivity contribution is 7.18. The Morgan fingerprint density at radius 2 is 1.86 bits per heavy atom. The Kier molecular flexibility index (Phi) is 4.51. The van der Waals surface area contributed by atoms with Crippen LogP contribution in [-0.4, -0.2) is 15.3 Å². The molecule has 1 amide bonds. The van der Waals surface area contributed by atoms with Crippen molar-refractivity contribution in [3.63, 3.8) is 0 Å². The smallest absolute Gasteiger partial charge is 0.266 e. The Bertz CT molecular complexity index is 1300. The molecule has 0 atom stereocenters. The number of anilines is 1. The first kappa shape index (κ1) is 18.4. The summed E-state index contributed by atoms with van der Waals surface area (Å²) in [5.74, 6) is -0.284. The van der Waals surface area contributed by atoms with E-state index in [1.807, 2.05) is 51.1 Å². The monoisotopic (exact) mass is 391 g/mol. The average Bonchev–Trinajstić information content (AvgIpc) is 3.01. The van der Waals surface area contributed by atoms with Gasteiger partial charge in [0.1, 0.15) is 4.88 Å². The minimum Gasteiger partial charge on any atom is -0.321 e. The lowest BCUT2D eigenvalue weighted by molar-refractivity contribution is 0.103. The molecular weight excluding hydrogens is 370 g/mol. The summed E-state index contributed by atoms with van der Waals surface area (Å²) < 4.78 is 1.58. The lowest BCUT2D eigenvalue weighted by Crippen LogP contribution is -2.18. The third kappa shape index (κ3) is 2.99. The van der Waals surface area contributed by atoms with Gasteiger partial charge in [-0.05, 0) is 61.6 Å². The van der Waals surface area contributed by atoms with Gasteiger partial charge in [0.05, 0.1) is 11.0 Å². The van der Waals surface area contributed by atoms with Crippen LogP contribution < -0.4 is 10.9 Å². The fourth-order valence-electron chi connectivity index (χ4n) is 3.39. The minimum absolute atomic E-state index is 0.245. The second kappa shape index (κ2) is 6.87. The number of hydrogen-bond donors (Lipinski definition) is 1. The Balaban J connectivity index is 1.81. The Hall–Kier alpha value is -2.99. The van der Waals surface area contributed by atoms with Gasteiger partial charge in [-0.3, -0.25) is 14.0 Å². The number of nitrogens with one attached hydrogen (secondary N) is 1. The van der Waals surface area contributed by atoms with Crippen molar-refractivity contribution in [2.24, 2.45) is 0 Å². The van der Waals surface area contributed by atoms with E-state index in [2.05, 4.69) is 17.2 Å². The first-order chi connectivity index (χ1) is 13.4. The third-order valence-corrected chi connectivity index (χ3v) is 6.10. The summed E-state index contributed by atoms with van der Waals surface area (Å²) in [7, 11) is 0. The number of carbonyl (C=O) groups excluding carboxylic acids is 1. The van der Waals surface area contributed by atoms with Gasteiger partial charge >= 0.3 is 0 Å². The number of aryl methyl sites for hydroxylation is 4. The van der Waals surface area contributed by atoms with Crippen molar-refractivity contribution in [1.82, 2.24) is 9.38 Å². The van der Waals surface area contributed by atoms with Gasteiger partial charge in [-0.25, -0.2) is 4.98 Å². The van der Waals surface area contributed by atoms with Gasteiger partial charge < -0.3 is 5.32 Å². The molecule has 1 N–H and O–H groups in total. The van der Waals surface area contributed by atoms with Crippen molar-refractivity contribution < 1.29 is 4.79 Å². The van der Waals surface area contributed by atoms with E-state index in [0.717, 1.165) is 45.4 Å². The molecule has 0 aliphatic rings. The molecule has 0 bridgehead atoms. The van der Waals surface area contributed by atoms with Crippen LogP contribution in [0.15, 0.2) is 41.2 Å².